The van der Waals surface area contributed by atoms with E-state index in [1.54, 1.807) is 19.2 Å². The molecule has 152 valence electrons. The summed E-state index contributed by atoms with van der Waals surface area (Å²) in [7, 11) is 1.63. The van der Waals surface area contributed by atoms with Gasteiger partial charge in [0.15, 0.2) is 5.78 Å². The molecule has 1 heterocycles. The van der Waals surface area contributed by atoms with Gasteiger partial charge in [-0.15, -0.1) is 11.3 Å². The molecule has 2 unspecified atom stereocenters. The molecule has 1 aliphatic rings. The van der Waals surface area contributed by atoms with Crippen LogP contribution in [0, 0.1) is 11.3 Å². The number of methoxy groups -OCH3 is 1. The number of carbonyl (C=O) groups excluding carboxylic acids is 2. The Labute approximate surface area is 174 Å². The molecule has 2 aromatic rings. The molecule has 1 aliphatic carbocycles. The predicted molar refractivity (Wildman–Crippen MR) is 113 cm³/mol. The van der Waals surface area contributed by atoms with Gasteiger partial charge < -0.3 is 15.8 Å². The zero-order valence-corrected chi connectivity index (χ0v) is 17.5. The summed E-state index contributed by atoms with van der Waals surface area (Å²) in [4.78, 5) is 26.7. The van der Waals surface area contributed by atoms with Gasteiger partial charge in [0.1, 0.15) is 5.41 Å². The summed E-state index contributed by atoms with van der Waals surface area (Å²) in [5.41, 5.74) is 6.67. The SMILES string of the molecule is CCC(CCOC)NC(=O)c1c(N)sc2c1CCC(C#N)(c1ccccc1)C2=O. The number of Topliss-reactive ketones (excluding diaryl/α,β-unsaturated/α-hetero) is 1. The van der Waals surface area contributed by atoms with Crippen molar-refractivity contribution in [3.63, 3.8) is 0 Å². The highest BCUT2D eigenvalue weighted by Crippen LogP contribution is 2.44. The van der Waals surface area contributed by atoms with Gasteiger partial charge in [-0.3, -0.25) is 9.59 Å². The molecule has 0 spiro atoms. The second-order valence-corrected chi connectivity index (χ2v) is 8.27. The maximum Gasteiger partial charge on any atom is 0.254 e. The quantitative estimate of drug-likeness (QED) is 0.726. The number of carbonyl (C=O) groups is 2. The first kappa shape index (κ1) is 21.0. The number of thiophene rings is 1. The van der Waals surface area contributed by atoms with Gasteiger partial charge in [0.25, 0.3) is 5.91 Å². The number of nitrogens with one attached hydrogen (secondary N) is 1. The fraction of sp³-hybridized carbons (Fsp3) is 0.409. The third-order valence-corrected chi connectivity index (χ3v) is 6.62. The predicted octanol–water partition coefficient (Wildman–Crippen LogP) is 3.47. The Morgan fingerprint density at radius 1 is 1.41 bits per heavy atom. The van der Waals surface area contributed by atoms with Crippen LogP contribution in [0.3, 0.4) is 0 Å². The number of anilines is 1. The highest BCUT2D eigenvalue weighted by molar-refractivity contribution is 7.18. The number of hydrogen-bond acceptors (Lipinski definition) is 6. The van der Waals surface area contributed by atoms with Crippen molar-refractivity contribution in [2.24, 2.45) is 0 Å². The monoisotopic (exact) mass is 411 g/mol. The maximum atomic E-state index is 13.4. The minimum absolute atomic E-state index is 0.0285. The molecule has 0 saturated heterocycles. The Morgan fingerprint density at radius 3 is 2.76 bits per heavy atom. The number of ketones is 1. The third-order valence-electron chi connectivity index (χ3n) is 5.56. The fourth-order valence-electron chi connectivity index (χ4n) is 3.84. The van der Waals surface area contributed by atoms with Crippen molar-refractivity contribution < 1.29 is 14.3 Å². The summed E-state index contributed by atoms with van der Waals surface area (Å²) in [6.07, 6.45) is 2.26. The highest BCUT2D eigenvalue weighted by atomic mass is 32.1. The normalized spacial score (nSPS) is 19.3. The smallest absolute Gasteiger partial charge is 0.254 e. The summed E-state index contributed by atoms with van der Waals surface area (Å²) >= 11 is 1.11. The third kappa shape index (κ3) is 3.78. The minimum atomic E-state index is -1.23. The second-order valence-electron chi connectivity index (χ2n) is 7.22. The standard InChI is InChI=1S/C22H25N3O3S/c1-3-15(10-12-28-2)25-21(27)17-16-9-11-22(13-23,14-7-5-4-6-8-14)19(26)18(16)29-20(17)24/h4-8,15H,3,9-12,24H2,1-2H3,(H,25,27). The van der Waals surface area contributed by atoms with Crippen LogP contribution in [0.2, 0.25) is 0 Å². The average Bonchev–Trinajstić information content (AvgIpc) is 3.09. The number of fused-ring (bicyclic) bond motifs is 1. The van der Waals surface area contributed by atoms with Gasteiger partial charge in [0.05, 0.1) is 21.5 Å². The van der Waals surface area contributed by atoms with Crippen LogP contribution in [0.25, 0.3) is 0 Å². The van der Waals surface area contributed by atoms with Gasteiger partial charge >= 0.3 is 0 Å². The van der Waals surface area contributed by atoms with Crippen molar-refractivity contribution in [2.75, 3.05) is 19.5 Å². The van der Waals surface area contributed by atoms with E-state index >= 15 is 0 Å². The maximum absolute atomic E-state index is 13.4. The van der Waals surface area contributed by atoms with Crippen molar-refractivity contribution in [3.8, 4) is 6.07 Å². The summed E-state index contributed by atoms with van der Waals surface area (Å²) in [5.74, 6) is -0.533. The van der Waals surface area contributed by atoms with Crippen LogP contribution in [-0.4, -0.2) is 31.4 Å². The lowest BCUT2D eigenvalue weighted by atomic mass is 9.69. The van der Waals surface area contributed by atoms with Gasteiger partial charge in [-0.25, -0.2) is 0 Å². The number of nitrogen functional groups attached to an aromatic ring is 1. The lowest BCUT2D eigenvalue weighted by Gasteiger charge is -2.29. The summed E-state index contributed by atoms with van der Waals surface area (Å²) in [5, 5.41) is 13.3. The van der Waals surface area contributed by atoms with E-state index in [-0.39, 0.29) is 17.7 Å². The van der Waals surface area contributed by atoms with Crippen molar-refractivity contribution in [2.45, 2.75) is 44.1 Å². The largest absolute Gasteiger partial charge is 0.390 e. The lowest BCUT2D eigenvalue weighted by Crippen LogP contribution is -2.39. The summed E-state index contributed by atoms with van der Waals surface area (Å²) < 4.78 is 5.10. The number of amides is 1. The molecular formula is C22H25N3O3S. The first-order valence-corrected chi connectivity index (χ1v) is 10.5. The Bertz CT molecular complexity index is 948. The van der Waals surface area contributed by atoms with Gasteiger partial charge in [-0.05, 0) is 36.8 Å². The number of hydrogen-bond donors (Lipinski definition) is 2. The van der Waals surface area contributed by atoms with Crippen LogP contribution in [0.1, 0.15) is 57.3 Å². The molecule has 7 heteroatoms. The molecule has 1 aromatic heterocycles. The molecule has 0 radical (unpaired) electrons. The number of nitriles is 1. The first-order valence-electron chi connectivity index (χ1n) is 9.71. The summed E-state index contributed by atoms with van der Waals surface area (Å²) in [6, 6.07) is 11.3. The van der Waals surface area contributed by atoms with E-state index in [1.807, 2.05) is 25.1 Å². The van der Waals surface area contributed by atoms with E-state index < -0.39 is 5.41 Å². The molecular weight excluding hydrogens is 386 g/mol. The van der Waals surface area contributed by atoms with Gasteiger partial charge in [0, 0.05) is 19.8 Å². The Kier molecular flexibility index (Phi) is 6.36. The number of rotatable bonds is 7. The van der Waals surface area contributed by atoms with Crippen molar-refractivity contribution in [3.05, 3.63) is 51.9 Å². The van der Waals surface area contributed by atoms with Crippen molar-refractivity contribution in [1.29, 1.82) is 5.26 Å². The van der Waals surface area contributed by atoms with E-state index in [4.69, 9.17) is 10.5 Å². The molecule has 29 heavy (non-hydrogen) atoms. The number of benzene rings is 1. The molecule has 0 aliphatic heterocycles. The molecule has 6 nitrogen and oxygen atoms in total. The molecule has 2 atom stereocenters. The van der Waals surface area contributed by atoms with Gasteiger partial charge in [0.2, 0.25) is 0 Å². The molecule has 0 bridgehead atoms. The molecule has 1 amide bonds. The van der Waals surface area contributed by atoms with Crippen LogP contribution in [0.15, 0.2) is 30.3 Å². The Balaban J connectivity index is 1.93. The van der Waals surface area contributed by atoms with Gasteiger partial charge in [-0.1, -0.05) is 37.3 Å². The van der Waals surface area contributed by atoms with E-state index in [2.05, 4.69) is 11.4 Å². The fourth-order valence-corrected chi connectivity index (χ4v) is 4.97. The molecule has 1 aromatic carbocycles. The number of nitrogens with zero attached hydrogens (tertiary/aromatic N) is 1. The van der Waals surface area contributed by atoms with Crippen LogP contribution in [0.4, 0.5) is 5.00 Å². The molecule has 3 rings (SSSR count). The van der Waals surface area contributed by atoms with Crippen LogP contribution in [0.5, 0.6) is 0 Å². The minimum Gasteiger partial charge on any atom is -0.390 e. The molecule has 0 saturated carbocycles. The highest BCUT2D eigenvalue weighted by Gasteiger charge is 2.47. The average molecular weight is 412 g/mol. The lowest BCUT2D eigenvalue weighted by molar-refractivity contribution is 0.0908. The van der Waals surface area contributed by atoms with E-state index in [0.29, 0.717) is 52.4 Å². The topological polar surface area (TPSA) is 105 Å². The van der Waals surface area contributed by atoms with Crippen LogP contribution < -0.4 is 11.1 Å². The van der Waals surface area contributed by atoms with Crippen molar-refractivity contribution in [1.82, 2.24) is 5.32 Å². The van der Waals surface area contributed by atoms with Gasteiger partial charge in [-0.2, -0.15) is 5.26 Å². The second kappa shape index (κ2) is 8.76. The van der Waals surface area contributed by atoms with E-state index in [1.165, 1.54) is 0 Å². The molecule has 3 N–H and O–H groups in total. The van der Waals surface area contributed by atoms with E-state index in [9.17, 15) is 14.9 Å². The number of ether oxygens (including phenoxy) is 1. The zero-order chi connectivity index (χ0) is 21.0. The number of nitrogens with two attached hydrogens (primary N) is 1. The molecule has 0 fully saturated rings. The zero-order valence-electron chi connectivity index (χ0n) is 16.7. The van der Waals surface area contributed by atoms with E-state index in [0.717, 1.165) is 17.8 Å². The van der Waals surface area contributed by atoms with Crippen molar-refractivity contribution >= 4 is 28.0 Å². The Hall–Kier alpha value is -2.69. The van der Waals surface area contributed by atoms with Crippen LogP contribution in [-0.2, 0) is 16.6 Å². The summed E-state index contributed by atoms with van der Waals surface area (Å²) in [6.45, 7) is 2.55. The first-order chi connectivity index (χ1) is 14.0. The van der Waals surface area contributed by atoms with Crippen LogP contribution >= 0.6 is 11.3 Å². The Morgan fingerprint density at radius 2 is 2.14 bits per heavy atom.